The highest BCUT2D eigenvalue weighted by Gasteiger charge is 2.32. The Labute approximate surface area is 269 Å². The number of nitrogens with zero attached hydrogens (tertiary/aromatic N) is 2. The number of hydrogen-bond donors (Lipinski definition) is 1. The number of carbonyl (C=O) groups is 1. The number of thiophene rings is 1. The van der Waals surface area contributed by atoms with Crippen LogP contribution in [0.5, 0.6) is 11.5 Å². The van der Waals surface area contributed by atoms with Gasteiger partial charge in [0.2, 0.25) is 16.8 Å². The summed E-state index contributed by atoms with van der Waals surface area (Å²) in [5, 5.41) is 4.64. The fraction of sp³-hybridized carbons (Fsp3) is 0.273. The maximum atomic E-state index is 13.6. The molecular formula is C33H31N3O6S3. The van der Waals surface area contributed by atoms with Crippen LogP contribution >= 0.6 is 22.7 Å². The van der Waals surface area contributed by atoms with Crippen molar-refractivity contribution in [1.29, 1.82) is 0 Å². The van der Waals surface area contributed by atoms with Crippen LogP contribution in [-0.2, 0) is 21.2 Å². The van der Waals surface area contributed by atoms with E-state index in [0.717, 1.165) is 48.3 Å². The van der Waals surface area contributed by atoms with Gasteiger partial charge in [0.05, 0.1) is 27.3 Å². The van der Waals surface area contributed by atoms with Crippen molar-refractivity contribution in [2.75, 3.05) is 25.2 Å². The molecule has 0 bridgehead atoms. The number of para-hydroxylation sites is 1. The first-order valence-corrected chi connectivity index (χ1v) is 17.7. The van der Waals surface area contributed by atoms with E-state index in [9.17, 15) is 13.2 Å². The molecular weight excluding hydrogens is 631 g/mol. The van der Waals surface area contributed by atoms with Gasteiger partial charge in [-0.3, -0.25) is 4.79 Å². The number of benzene rings is 3. The lowest BCUT2D eigenvalue weighted by Crippen LogP contribution is -2.48. The number of anilines is 1. The van der Waals surface area contributed by atoms with Gasteiger partial charge in [-0.25, -0.2) is 13.4 Å². The van der Waals surface area contributed by atoms with Crippen molar-refractivity contribution in [3.05, 3.63) is 88.3 Å². The van der Waals surface area contributed by atoms with E-state index in [1.54, 1.807) is 23.5 Å². The van der Waals surface area contributed by atoms with Crippen LogP contribution in [-0.4, -0.2) is 55.7 Å². The Balaban J connectivity index is 1.18. The Morgan fingerprint density at radius 2 is 1.71 bits per heavy atom. The lowest BCUT2D eigenvalue weighted by molar-refractivity contribution is -0.0440. The second kappa shape index (κ2) is 11.8. The quantitative estimate of drug-likeness (QED) is 0.207. The average Bonchev–Trinajstić information content (AvgIpc) is 3.73. The molecule has 45 heavy (non-hydrogen) atoms. The van der Waals surface area contributed by atoms with Gasteiger partial charge in [0.25, 0.3) is 5.91 Å². The minimum Gasteiger partial charge on any atom is -0.454 e. The molecule has 1 amide bonds. The maximum Gasteiger partial charge on any atom is 0.256 e. The number of nitrogens with one attached hydrogen (secondary N) is 1. The van der Waals surface area contributed by atoms with E-state index in [0.29, 0.717) is 17.0 Å². The average molecular weight is 662 g/mol. The summed E-state index contributed by atoms with van der Waals surface area (Å²) in [5.74, 6) is 1.13. The molecule has 2 aliphatic rings. The fourth-order valence-electron chi connectivity index (χ4n) is 5.72. The fourth-order valence-corrected chi connectivity index (χ4v) is 9.69. The molecule has 7 rings (SSSR count). The zero-order valence-electron chi connectivity index (χ0n) is 24.9. The normalized spacial score (nSPS) is 18.4. The second-order valence-corrected chi connectivity index (χ2v) is 15.3. The number of carbonyl (C=O) groups excluding carboxylic acids is 1. The number of aromatic nitrogens is 1. The Kier molecular flexibility index (Phi) is 7.86. The predicted octanol–water partition coefficient (Wildman–Crippen LogP) is 6.70. The van der Waals surface area contributed by atoms with Gasteiger partial charge >= 0.3 is 0 Å². The van der Waals surface area contributed by atoms with E-state index >= 15 is 0 Å². The predicted molar refractivity (Wildman–Crippen MR) is 176 cm³/mol. The second-order valence-electron chi connectivity index (χ2n) is 11.3. The van der Waals surface area contributed by atoms with Crippen molar-refractivity contribution in [1.82, 2.24) is 9.29 Å². The molecule has 2 unspecified atom stereocenters. The largest absolute Gasteiger partial charge is 0.454 e. The molecule has 2 atom stereocenters. The van der Waals surface area contributed by atoms with Gasteiger partial charge in [-0.1, -0.05) is 18.2 Å². The van der Waals surface area contributed by atoms with E-state index in [1.165, 1.54) is 27.8 Å². The third kappa shape index (κ3) is 5.84. The van der Waals surface area contributed by atoms with Crippen LogP contribution in [0.3, 0.4) is 0 Å². The molecule has 9 nitrogen and oxygen atoms in total. The molecule has 0 radical (unpaired) electrons. The van der Waals surface area contributed by atoms with Crippen LogP contribution in [0.1, 0.15) is 40.2 Å². The van der Waals surface area contributed by atoms with Crippen LogP contribution in [0.15, 0.2) is 71.6 Å². The monoisotopic (exact) mass is 661 g/mol. The van der Waals surface area contributed by atoms with Crippen LogP contribution in [0.4, 0.5) is 5.00 Å². The Morgan fingerprint density at radius 1 is 0.978 bits per heavy atom. The molecule has 12 heteroatoms. The number of hydrogen-bond acceptors (Lipinski definition) is 9. The smallest absolute Gasteiger partial charge is 0.256 e. The SMILES string of the molecule is Cc1c(Cc2ccc3c(c2)OCO3)sc(NC(=O)c2ccc(S(=O)(=O)N3CC(C)OC(C)C3)cc2)c1-c1nc2ccccc2s1. The number of thiazole rings is 1. The van der Waals surface area contributed by atoms with E-state index in [-0.39, 0.29) is 42.9 Å². The summed E-state index contributed by atoms with van der Waals surface area (Å²) in [4.78, 5) is 19.7. The maximum absolute atomic E-state index is 13.6. The summed E-state index contributed by atoms with van der Waals surface area (Å²) in [5.41, 5.74) is 4.26. The number of ether oxygens (including phenoxy) is 3. The summed E-state index contributed by atoms with van der Waals surface area (Å²) in [6.45, 7) is 6.57. The molecule has 2 aromatic heterocycles. The van der Waals surface area contributed by atoms with Gasteiger partial charge in [0, 0.05) is 35.5 Å². The van der Waals surface area contributed by atoms with Gasteiger partial charge in [0.1, 0.15) is 10.0 Å². The highest BCUT2D eigenvalue weighted by atomic mass is 32.2. The first-order valence-electron chi connectivity index (χ1n) is 14.6. The highest BCUT2D eigenvalue weighted by molar-refractivity contribution is 7.89. The summed E-state index contributed by atoms with van der Waals surface area (Å²) in [6, 6.07) is 20.0. The van der Waals surface area contributed by atoms with Gasteiger partial charge in [0.15, 0.2) is 11.5 Å². The summed E-state index contributed by atoms with van der Waals surface area (Å²) in [7, 11) is -3.72. The topological polar surface area (TPSA) is 107 Å². The van der Waals surface area contributed by atoms with Crippen molar-refractivity contribution in [3.63, 3.8) is 0 Å². The minimum atomic E-state index is -3.72. The summed E-state index contributed by atoms with van der Waals surface area (Å²) >= 11 is 3.10. The van der Waals surface area contributed by atoms with Crippen LogP contribution < -0.4 is 14.8 Å². The Morgan fingerprint density at radius 3 is 2.47 bits per heavy atom. The van der Waals surface area contributed by atoms with Gasteiger partial charge in [-0.2, -0.15) is 4.31 Å². The molecule has 0 spiro atoms. The number of amides is 1. The molecule has 0 aliphatic carbocycles. The number of fused-ring (bicyclic) bond motifs is 2. The number of morpholine rings is 1. The summed E-state index contributed by atoms with van der Waals surface area (Å²) in [6.07, 6.45) is 0.261. The molecule has 1 saturated heterocycles. The first-order chi connectivity index (χ1) is 21.7. The van der Waals surface area contributed by atoms with Gasteiger partial charge in [-0.05, 0) is 80.4 Å². The van der Waals surface area contributed by atoms with Crippen molar-refractivity contribution in [3.8, 4) is 22.1 Å². The van der Waals surface area contributed by atoms with Gasteiger partial charge < -0.3 is 19.5 Å². The van der Waals surface area contributed by atoms with E-state index in [4.69, 9.17) is 19.2 Å². The number of sulfonamides is 1. The zero-order valence-corrected chi connectivity index (χ0v) is 27.4. The van der Waals surface area contributed by atoms with Crippen molar-refractivity contribution >= 4 is 53.8 Å². The molecule has 1 N–H and O–H groups in total. The molecule has 1 fully saturated rings. The van der Waals surface area contributed by atoms with E-state index in [1.807, 2.05) is 56.3 Å². The van der Waals surface area contributed by atoms with E-state index < -0.39 is 10.0 Å². The third-order valence-corrected chi connectivity index (χ3v) is 12.0. The van der Waals surface area contributed by atoms with E-state index in [2.05, 4.69) is 12.2 Å². The lowest BCUT2D eigenvalue weighted by atomic mass is 10.1. The van der Waals surface area contributed by atoms with Crippen LogP contribution in [0.2, 0.25) is 0 Å². The molecule has 4 heterocycles. The Hall–Kier alpha value is -3.81. The first kappa shape index (κ1) is 29.9. The van der Waals surface area contributed by atoms with Crippen molar-refractivity contribution in [2.24, 2.45) is 0 Å². The van der Waals surface area contributed by atoms with Crippen molar-refractivity contribution in [2.45, 2.75) is 44.3 Å². The van der Waals surface area contributed by atoms with Gasteiger partial charge in [-0.15, -0.1) is 22.7 Å². The standard InChI is InChI=1S/C33H31N3O6S3/c1-19-16-36(17-20(2)42-19)45(38,39)24-11-9-23(10-12-24)31(37)35-33-30(32-34-25-6-4-5-7-28(25)43-32)21(3)29(44-33)15-22-8-13-26-27(14-22)41-18-40-26/h4-14,19-20H,15-18H2,1-3H3,(H,35,37). The third-order valence-electron chi connectivity index (χ3n) is 7.92. The van der Waals surface area contributed by atoms with Crippen LogP contribution in [0.25, 0.3) is 20.8 Å². The minimum absolute atomic E-state index is 0.147. The molecule has 5 aromatic rings. The van der Waals surface area contributed by atoms with Crippen LogP contribution in [0, 0.1) is 6.92 Å². The molecule has 2 aliphatic heterocycles. The lowest BCUT2D eigenvalue weighted by Gasteiger charge is -2.34. The molecule has 3 aromatic carbocycles. The molecule has 0 saturated carbocycles. The zero-order chi connectivity index (χ0) is 31.3. The Bertz CT molecular complexity index is 1980. The van der Waals surface area contributed by atoms with Crippen molar-refractivity contribution < 1.29 is 27.4 Å². The summed E-state index contributed by atoms with van der Waals surface area (Å²) < 4.78 is 45.9. The highest BCUT2D eigenvalue weighted by Crippen LogP contribution is 2.45. The number of rotatable bonds is 7. The molecule has 232 valence electrons.